The Kier molecular flexibility index (Phi) is 9.96. The van der Waals surface area contributed by atoms with E-state index in [9.17, 15) is 4.79 Å². The second-order valence-corrected chi connectivity index (χ2v) is 8.18. The molecule has 0 aromatic heterocycles. The Labute approximate surface area is 202 Å². The normalized spacial score (nSPS) is 20.1. The number of hydrogen-bond acceptors (Lipinski definition) is 4. The Hall–Kier alpha value is -1.26. The summed E-state index contributed by atoms with van der Waals surface area (Å²) in [6.07, 6.45) is 1.49. The molecule has 1 aromatic carbocycles. The molecule has 3 rings (SSSR count). The number of likely N-dealkylation sites (tertiary alicyclic amines) is 1. The van der Waals surface area contributed by atoms with E-state index in [2.05, 4.69) is 38.5 Å². The molecule has 2 saturated heterocycles. The number of aliphatic imine (C=N–C) groups is 1. The molecule has 0 spiro atoms. The molecule has 2 heterocycles. The standard InChI is InChI=1S/C21H33ClN6O.HI/c1-4-20(29)28-9-8-16(15-28)25-21(23-2)24-14-17-18(22)6-5-7-19(17)27-12-10-26(3)11-13-27;/h5-7,16H,4,8-15H2,1-3H3,(H2,23,24,25);1H. The van der Waals surface area contributed by atoms with Crippen LogP contribution in [0.2, 0.25) is 5.02 Å². The second kappa shape index (κ2) is 12.0. The minimum atomic E-state index is 0. The molecule has 2 aliphatic heterocycles. The average Bonchev–Trinajstić information content (AvgIpc) is 3.20. The minimum Gasteiger partial charge on any atom is -0.369 e. The van der Waals surface area contributed by atoms with Crippen molar-refractivity contribution < 1.29 is 4.79 Å². The number of piperazine rings is 1. The van der Waals surface area contributed by atoms with Gasteiger partial charge in [0.1, 0.15) is 0 Å². The molecule has 0 aliphatic carbocycles. The Morgan fingerprint density at radius 1 is 1.23 bits per heavy atom. The van der Waals surface area contributed by atoms with Crippen molar-refractivity contribution in [2.45, 2.75) is 32.4 Å². The zero-order valence-corrected chi connectivity index (χ0v) is 21.2. The smallest absolute Gasteiger partial charge is 0.222 e. The molecular weight excluding hydrogens is 515 g/mol. The van der Waals surface area contributed by atoms with Gasteiger partial charge in [-0.1, -0.05) is 24.6 Å². The van der Waals surface area contributed by atoms with E-state index < -0.39 is 0 Å². The van der Waals surface area contributed by atoms with E-state index in [1.54, 1.807) is 7.05 Å². The number of hydrogen-bond donors (Lipinski definition) is 2. The summed E-state index contributed by atoms with van der Waals surface area (Å²) in [6, 6.07) is 6.33. The molecular formula is C21H34ClIN6O. The molecule has 2 fully saturated rings. The van der Waals surface area contributed by atoms with Crippen molar-refractivity contribution in [1.82, 2.24) is 20.4 Å². The predicted molar refractivity (Wildman–Crippen MR) is 135 cm³/mol. The largest absolute Gasteiger partial charge is 0.369 e. The number of nitrogens with zero attached hydrogens (tertiary/aromatic N) is 4. The molecule has 1 unspecified atom stereocenters. The molecule has 0 bridgehead atoms. The van der Waals surface area contributed by atoms with Crippen LogP contribution in [0.1, 0.15) is 25.3 Å². The first-order chi connectivity index (χ1) is 14.0. The molecule has 0 radical (unpaired) electrons. The van der Waals surface area contributed by atoms with Crippen LogP contribution < -0.4 is 15.5 Å². The van der Waals surface area contributed by atoms with Crippen molar-refractivity contribution in [2.75, 3.05) is 58.3 Å². The Balaban J connectivity index is 0.00000320. The van der Waals surface area contributed by atoms with Gasteiger partial charge in [0, 0.05) is 81.6 Å². The van der Waals surface area contributed by atoms with E-state index in [4.69, 9.17) is 11.6 Å². The van der Waals surface area contributed by atoms with Gasteiger partial charge in [-0.3, -0.25) is 9.79 Å². The number of carbonyl (C=O) groups excluding carboxylic acids is 1. The van der Waals surface area contributed by atoms with Gasteiger partial charge in [-0.2, -0.15) is 0 Å². The van der Waals surface area contributed by atoms with Crippen molar-refractivity contribution in [1.29, 1.82) is 0 Å². The molecule has 1 aromatic rings. The van der Waals surface area contributed by atoms with Gasteiger partial charge in [-0.05, 0) is 25.6 Å². The summed E-state index contributed by atoms with van der Waals surface area (Å²) < 4.78 is 0. The number of anilines is 1. The monoisotopic (exact) mass is 548 g/mol. The topological polar surface area (TPSA) is 63.2 Å². The SMILES string of the molecule is CCC(=O)N1CCC(NC(=NC)NCc2c(Cl)cccc2N2CCN(C)CC2)C1.I. The van der Waals surface area contributed by atoms with Crippen LogP contribution in [0.25, 0.3) is 0 Å². The van der Waals surface area contributed by atoms with Crippen molar-refractivity contribution in [2.24, 2.45) is 4.99 Å². The summed E-state index contributed by atoms with van der Waals surface area (Å²) in [7, 11) is 3.93. The van der Waals surface area contributed by atoms with E-state index in [1.807, 2.05) is 24.0 Å². The van der Waals surface area contributed by atoms with E-state index in [-0.39, 0.29) is 35.9 Å². The predicted octanol–water partition coefficient (Wildman–Crippen LogP) is 2.39. The summed E-state index contributed by atoms with van der Waals surface area (Å²) >= 11 is 6.56. The van der Waals surface area contributed by atoms with E-state index in [0.717, 1.165) is 62.2 Å². The molecule has 168 valence electrons. The fourth-order valence-electron chi connectivity index (χ4n) is 3.95. The fraction of sp³-hybridized carbons (Fsp3) is 0.619. The lowest BCUT2D eigenvalue weighted by molar-refractivity contribution is -0.129. The maximum absolute atomic E-state index is 11.9. The van der Waals surface area contributed by atoms with Gasteiger partial charge in [0.15, 0.2) is 5.96 Å². The maximum atomic E-state index is 11.9. The molecule has 7 nitrogen and oxygen atoms in total. The van der Waals surface area contributed by atoms with Crippen LogP contribution in [-0.2, 0) is 11.3 Å². The van der Waals surface area contributed by atoms with Gasteiger partial charge >= 0.3 is 0 Å². The number of halogens is 2. The lowest BCUT2D eigenvalue weighted by Crippen LogP contribution is -2.46. The van der Waals surface area contributed by atoms with Crippen molar-refractivity contribution in [3.05, 3.63) is 28.8 Å². The first-order valence-electron chi connectivity index (χ1n) is 10.5. The summed E-state index contributed by atoms with van der Waals surface area (Å²) in [6.45, 7) is 8.15. The summed E-state index contributed by atoms with van der Waals surface area (Å²) in [5.74, 6) is 0.954. The fourth-order valence-corrected chi connectivity index (χ4v) is 4.19. The van der Waals surface area contributed by atoms with E-state index in [0.29, 0.717) is 13.0 Å². The molecule has 1 amide bonds. The highest BCUT2D eigenvalue weighted by atomic mass is 127. The van der Waals surface area contributed by atoms with Crippen molar-refractivity contribution >= 4 is 53.1 Å². The second-order valence-electron chi connectivity index (χ2n) is 7.78. The zero-order valence-electron chi connectivity index (χ0n) is 18.2. The maximum Gasteiger partial charge on any atom is 0.222 e. The van der Waals surface area contributed by atoms with Crippen LogP contribution in [-0.4, -0.2) is 81.1 Å². The number of guanidine groups is 1. The minimum absolute atomic E-state index is 0. The highest BCUT2D eigenvalue weighted by Crippen LogP contribution is 2.28. The van der Waals surface area contributed by atoms with Gasteiger partial charge in [-0.25, -0.2) is 0 Å². The summed E-state index contributed by atoms with van der Waals surface area (Å²) in [5, 5.41) is 7.63. The Bertz CT molecular complexity index is 738. The lowest BCUT2D eigenvalue weighted by Gasteiger charge is -2.35. The summed E-state index contributed by atoms with van der Waals surface area (Å²) in [4.78, 5) is 22.9. The van der Waals surface area contributed by atoms with E-state index in [1.165, 1.54) is 5.69 Å². The van der Waals surface area contributed by atoms with Crippen LogP contribution in [0, 0.1) is 0 Å². The first kappa shape index (κ1) is 25.0. The number of benzene rings is 1. The van der Waals surface area contributed by atoms with Gasteiger partial charge in [0.05, 0.1) is 0 Å². The van der Waals surface area contributed by atoms with Gasteiger partial charge in [0.25, 0.3) is 0 Å². The van der Waals surface area contributed by atoms with Crippen molar-refractivity contribution in [3.63, 3.8) is 0 Å². The number of carbonyl (C=O) groups is 1. The summed E-state index contributed by atoms with van der Waals surface area (Å²) in [5.41, 5.74) is 2.28. The van der Waals surface area contributed by atoms with Crippen LogP contribution >= 0.6 is 35.6 Å². The number of likely N-dealkylation sites (N-methyl/N-ethyl adjacent to an activating group) is 1. The van der Waals surface area contributed by atoms with Crippen LogP contribution in [0.15, 0.2) is 23.2 Å². The Morgan fingerprint density at radius 2 is 1.97 bits per heavy atom. The molecule has 0 saturated carbocycles. The third-order valence-corrected chi connectivity index (χ3v) is 6.13. The Morgan fingerprint density at radius 3 is 2.63 bits per heavy atom. The van der Waals surface area contributed by atoms with E-state index >= 15 is 0 Å². The quantitative estimate of drug-likeness (QED) is 0.336. The van der Waals surface area contributed by atoms with Crippen LogP contribution in [0.4, 0.5) is 5.69 Å². The number of nitrogens with one attached hydrogen (secondary N) is 2. The highest BCUT2D eigenvalue weighted by molar-refractivity contribution is 14.0. The zero-order chi connectivity index (χ0) is 20.8. The number of amides is 1. The number of rotatable bonds is 5. The van der Waals surface area contributed by atoms with Crippen LogP contribution in [0.5, 0.6) is 0 Å². The van der Waals surface area contributed by atoms with Gasteiger partial charge in [0.2, 0.25) is 5.91 Å². The van der Waals surface area contributed by atoms with Gasteiger partial charge in [-0.15, -0.1) is 24.0 Å². The third kappa shape index (κ3) is 6.37. The average molecular weight is 549 g/mol. The van der Waals surface area contributed by atoms with Crippen LogP contribution in [0.3, 0.4) is 0 Å². The first-order valence-corrected chi connectivity index (χ1v) is 10.9. The molecule has 2 aliphatic rings. The van der Waals surface area contributed by atoms with Crippen molar-refractivity contribution in [3.8, 4) is 0 Å². The molecule has 9 heteroatoms. The lowest BCUT2D eigenvalue weighted by atomic mass is 10.1. The molecule has 1 atom stereocenters. The molecule has 30 heavy (non-hydrogen) atoms. The third-order valence-electron chi connectivity index (χ3n) is 5.78. The molecule has 2 N–H and O–H groups in total. The van der Waals surface area contributed by atoms with Gasteiger partial charge < -0.3 is 25.3 Å². The highest BCUT2D eigenvalue weighted by Gasteiger charge is 2.26.